The molecule has 6 heteroatoms. The highest BCUT2D eigenvalue weighted by molar-refractivity contribution is 7.09. The highest BCUT2D eigenvalue weighted by atomic mass is 32.1. The van der Waals surface area contributed by atoms with E-state index in [1.807, 2.05) is 5.38 Å². The number of nitrogens with zero attached hydrogens (tertiary/aromatic N) is 1. The van der Waals surface area contributed by atoms with Crippen LogP contribution in [0, 0.1) is 11.6 Å². The van der Waals surface area contributed by atoms with Crippen molar-refractivity contribution in [3.8, 4) is 5.75 Å². The third-order valence-corrected chi connectivity index (χ3v) is 4.67. The number of aromatic nitrogens is 1. The zero-order valence-corrected chi connectivity index (χ0v) is 13.6. The van der Waals surface area contributed by atoms with Crippen molar-refractivity contribution in [2.75, 3.05) is 13.2 Å². The van der Waals surface area contributed by atoms with E-state index in [0.717, 1.165) is 23.2 Å². The molecule has 0 aliphatic rings. The van der Waals surface area contributed by atoms with Gasteiger partial charge in [0.15, 0.2) is 11.6 Å². The quantitative estimate of drug-likeness (QED) is 0.844. The van der Waals surface area contributed by atoms with Crippen molar-refractivity contribution in [2.24, 2.45) is 5.73 Å². The van der Waals surface area contributed by atoms with E-state index in [0.29, 0.717) is 19.6 Å². The number of nitrogens with two attached hydrogens (primary N) is 1. The average molecular weight is 326 g/mol. The lowest BCUT2D eigenvalue weighted by Gasteiger charge is -2.22. The lowest BCUT2D eigenvalue weighted by molar-refractivity contribution is 0.261. The van der Waals surface area contributed by atoms with Crippen molar-refractivity contribution in [1.82, 2.24) is 4.98 Å². The Labute approximate surface area is 133 Å². The summed E-state index contributed by atoms with van der Waals surface area (Å²) in [5.74, 6) is -1.22. The number of hydrogen-bond donors (Lipinski definition) is 1. The van der Waals surface area contributed by atoms with Gasteiger partial charge in [-0.25, -0.2) is 13.8 Å². The predicted octanol–water partition coefficient (Wildman–Crippen LogP) is 3.67. The van der Waals surface area contributed by atoms with E-state index in [2.05, 4.69) is 18.8 Å². The normalized spacial score (nSPS) is 11.7. The van der Waals surface area contributed by atoms with Crippen LogP contribution in [0.3, 0.4) is 0 Å². The van der Waals surface area contributed by atoms with Crippen molar-refractivity contribution in [3.63, 3.8) is 0 Å². The maximum atomic E-state index is 13.5. The first-order valence-electron chi connectivity index (χ1n) is 7.15. The van der Waals surface area contributed by atoms with Crippen LogP contribution in [-0.2, 0) is 11.8 Å². The van der Waals surface area contributed by atoms with Crippen molar-refractivity contribution in [2.45, 2.75) is 32.1 Å². The topological polar surface area (TPSA) is 48.1 Å². The first kappa shape index (κ1) is 16.8. The largest absolute Gasteiger partial charge is 0.490 e. The number of ether oxygens (including phenoxy) is 1. The maximum Gasteiger partial charge on any atom is 0.167 e. The van der Waals surface area contributed by atoms with Gasteiger partial charge in [-0.3, -0.25) is 0 Å². The minimum Gasteiger partial charge on any atom is -0.490 e. The highest BCUT2D eigenvalue weighted by Crippen LogP contribution is 2.30. The molecule has 3 nitrogen and oxygen atoms in total. The van der Waals surface area contributed by atoms with Gasteiger partial charge in [-0.15, -0.1) is 11.3 Å². The maximum absolute atomic E-state index is 13.5. The monoisotopic (exact) mass is 326 g/mol. The van der Waals surface area contributed by atoms with Gasteiger partial charge < -0.3 is 10.5 Å². The zero-order valence-electron chi connectivity index (χ0n) is 12.7. The Balaban J connectivity index is 1.94. The van der Waals surface area contributed by atoms with Crippen LogP contribution < -0.4 is 10.5 Å². The summed E-state index contributed by atoms with van der Waals surface area (Å²) < 4.78 is 31.7. The summed E-state index contributed by atoms with van der Waals surface area (Å²) in [7, 11) is 0. The molecule has 0 saturated heterocycles. The second-order valence-corrected chi connectivity index (χ2v) is 6.60. The van der Waals surface area contributed by atoms with Crippen LogP contribution in [0.25, 0.3) is 0 Å². The molecule has 1 heterocycles. The van der Waals surface area contributed by atoms with Gasteiger partial charge in [0, 0.05) is 23.3 Å². The molecular weight excluding hydrogens is 306 g/mol. The first-order valence-corrected chi connectivity index (χ1v) is 8.03. The van der Waals surface area contributed by atoms with E-state index >= 15 is 0 Å². The van der Waals surface area contributed by atoms with Gasteiger partial charge in [0.1, 0.15) is 5.82 Å². The fourth-order valence-corrected chi connectivity index (χ4v) is 3.01. The smallest absolute Gasteiger partial charge is 0.167 e. The fraction of sp³-hybridized carbons (Fsp3) is 0.438. The standard InChI is InChI=1S/C16H20F2N2OS/c1-16(2,15-20-12(5-7-19)10-22-15)6-8-21-14-4-3-11(17)9-13(14)18/h3-4,9-10H,5-8,19H2,1-2H3. The van der Waals surface area contributed by atoms with Crippen LogP contribution >= 0.6 is 11.3 Å². The molecule has 0 unspecified atom stereocenters. The minimum atomic E-state index is -0.683. The summed E-state index contributed by atoms with van der Waals surface area (Å²) in [5.41, 5.74) is 6.36. The molecule has 0 atom stereocenters. The second kappa shape index (κ2) is 7.15. The number of benzene rings is 1. The first-order chi connectivity index (χ1) is 10.4. The third kappa shape index (κ3) is 4.24. The van der Waals surface area contributed by atoms with Gasteiger partial charge in [-0.05, 0) is 25.1 Å². The number of rotatable bonds is 7. The van der Waals surface area contributed by atoms with E-state index in [4.69, 9.17) is 10.5 Å². The van der Waals surface area contributed by atoms with Crippen LogP contribution in [0.15, 0.2) is 23.6 Å². The van der Waals surface area contributed by atoms with Crippen LogP contribution in [-0.4, -0.2) is 18.1 Å². The molecule has 22 heavy (non-hydrogen) atoms. The molecule has 2 N–H and O–H groups in total. The van der Waals surface area contributed by atoms with E-state index in [9.17, 15) is 8.78 Å². The molecule has 0 aliphatic heterocycles. The lowest BCUT2D eigenvalue weighted by atomic mass is 9.90. The lowest BCUT2D eigenvalue weighted by Crippen LogP contribution is -2.21. The minimum absolute atomic E-state index is 0.0696. The Kier molecular flexibility index (Phi) is 5.47. The Morgan fingerprint density at radius 2 is 2.09 bits per heavy atom. The van der Waals surface area contributed by atoms with Crippen molar-refractivity contribution < 1.29 is 13.5 Å². The Morgan fingerprint density at radius 3 is 2.77 bits per heavy atom. The molecule has 0 saturated carbocycles. The molecule has 0 amide bonds. The van der Waals surface area contributed by atoms with Crippen LogP contribution in [0.1, 0.15) is 31.0 Å². The Bertz CT molecular complexity index is 628. The molecule has 0 spiro atoms. The summed E-state index contributed by atoms with van der Waals surface area (Å²) >= 11 is 1.60. The molecule has 2 aromatic rings. The molecule has 120 valence electrons. The van der Waals surface area contributed by atoms with Gasteiger partial charge in [0.2, 0.25) is 0 Å². The van der Waals surface area contributed by atoms with Crippen molar-refractivity contribution >= 4 is 11.3 Å². The second-order valence-electron chi connectivity index (χ2n) is 5.74. The summed E-state index contributed by atoms with van der Waals surface area (Å²) in [6, 6.07) is 3.31. The molecule has 1 aromatic heterocycles. The molecule has 0 fully saturated rings. The van der Waals surface area contributed by atoms with Gasteiger partial charge >= 0.3 is 0 Å². The molecular formula is C16H20F2N2OS. The van der Waals surface area contributed by atoms with Crippen LogP contribution in [0.5, 0.6) is 5.75 Å². The summed E-state index contributed by atoms with van der Waals surface area (Å²) in [6.45, 7) is 5.06. The van der Waals surface area contributed by atoms with Gasteiger partial charge in [-0.2, -0.15) is 0 Å². The number of halogens is 2. The summed E-state index contributed by atoms with van der Waals surface area (Å²) in [5, 5.41) is 3.03. The summed E-state index contributed by atoms with van der Waals surface area (Å²) in [6.07, 6.45) is 1.45. The molecule has 0 aliphatic carbocycles. The van der Waals surface area contributed by atoms with E-state index in [-0.39, 0.29) is 11.2 Å². The van der Waals surface area contributed by atoms with Crippen LogP contribution in [0.4, 0.5) is 8.78 Å². The van der Waals surface area contributed by atoms with Gasteiger partial charge in [0.25, 0.3) is 0 Å². The van der Waals surface area contributed by atoms with Crippen molar-refractivity contribution in [3.05, 3.63) is 45.9 Å². The number of hydrogen-bond acceptors (Lipinski definition) is 4. The molecule has 0 radical (unpaired) electrons. The molecule has 0 bridgehead atoms. The van der Waals surface area contributed by atoms with Gasteiger partial charge in [-0.1, -0.05) is 13.8 Å². The average Bonchev–Trinajstić information content (AvgIpc) is 2.91. The zero-order chi connectivity index (χ0) is 16.2. The SMILES string of the molecule is CC(C)(CCOc1ccc(F)cc1F)c1nc(CCN)cs1. The highest BCUT2D eigenvalue weighted by Gasteiger charge is 2.24. The third-order valence-electron chi connectivity index (χ3n) is 3.41. The van der Waals surface area contributed by atoms with Gasteiger partial charge in [0.05, 0.1) is 17.3 Å². The molecule has 2 rings (SSSR count). The fourth-order valence-electron chi connectivity index (χ4n) is 2.00. The summed E-state index contributed by atoms with van der Waals surface area (Å²) in [4.78, 5) is 4.59. The molecule has 1 aromatic carbocycles. The Morgan fingerprint density at radius 1 is 1.32 bits per heavy atom. The van der Waals surface area contributed by atoms with E-state index in [1.165, 1.54) is 12.1 Å². The van der Waals surface area contributed by atoms with Crippen LogP contribution in [0.2, 0.25) is 0 Å². The predicted molar refractivity (Wildman–Crippen MR) is 84.4 cm³/mol. The number of thiazole rings is 1. The van der Waals surface area contributed by atoms with Crippen molar-refractivity contribution in [1.29, 1.82) is 0 Å². The Hall–Kier alpha value is -1.53. The van der Waals surface area contributed by atoms with E-state index in [1.54, 1.807) is 11.3 Å². The van der Waals surface area contributed by atoms with E-state index < -0.39 is 11.6 Å².